The van der Waals surface area contributed by atoms with Gasteiger partial charge in [0.2, 0.25) is 5.91 Å². The highest BCUT2D eigenvalue weighted by Crippen LogP contribution is 2.34. The van der Waals surface area contributed by atoms with Crippen LogP contribution in [0.4, 0.5) is 0 Å². The number of carbonyl (C=O) groups is 2. The van der Waals surface area contributed by atoms with Crippen LogP contribution in [0.5, 0.6) is 0 Å². The molecule has 0 aromatic carbocycles. The van der Waals surface area contributed by atoms with Crippen LogP contribution >= 0.6 is 12.6 Å². The molecular formula is C16H25NO2S. The van der Waals surface area contributed by atoms with Crippen LogP contribution < -0.4 is 0 Å². The fourth-order valence-electron chi connectivity index (χ4n) is 3.33. The number of thiol groups is 1. The molecule has 0 aromatic rings. The second kappa shape index (κ2) is 6.33. The maximum atomic E-state index is 12.0. The molecule has 0 aromatic heterocycles. The number of amides is 1. The molecule has 1 amide bonds. The first-order chi connectivity index (χ1) is 9.40. The Balaban J connectivity index is 1.84. The molecular weight excluding hydrogens is 270 g/mol. The minimum absolute atomic E-state index is 0.0960. The van der Waals surface area contributed by atoms with E-state index in [4.69, 9.17) is 0 Å². The Morgan fingerprint density at radius 1 is 1.35 bits per heavy atom. The van der Waals surface area contributed by atoms with Gasteiger partial charge in [-0.25, -0.2) is 0 Å². The summed E-state index contributed by atoms with van der Waals surface area (Å²) in [6.07, 6.45) is 4.69. The molecule has 1 saturated carbocycles. The molecule has 0 bridgehead atoms. The van der Waals surface area contributed by atoms with Crippen LogP contribution in [-0.2, 0) is 9.59 Å². The Labute approximate surface area is 127 Å². The minimum Gasteiger partial charge on any atom is -0.316 e. The molecule has 2 rings (SSSR count). The number of hydrogen-bond donors (Lipinski definition) is 1. The van der Waals surface area contributed by atoms with Crippen LogP contribution in [0.1, 0.15) is 46.0 Å². The second-order valence-corrected chi connectivity index (χ2v) is 7.13. The smallest absolute Gasteiger partial charge is 0.239 e. The molecule has 4 heteroatoms. The molecule has 20 heavy (non-hydrogen) atoms. The quantitative estimate of drug-likeness (QED) is 0.809. The Morgan fingerprint density at radius 3 is 2.40 bits per heavy atom. The first-order valence-corrected chi connectivity index (χ1v) is 8.12. The fraction of sp³-hybridized carbons (Fsp3) is 0.750. The summed E-state index contributed by atoms with van der Waals surface area (Å²) in [7, 11) is 0. The van der Waals surface area contributed by atoms with Gasteiger partial charge in [0.05, 0.1) is 5.25 Å². The van der Waals surface area contributed by atoms with Crippen LogP contribution in [0.25, 0.3) is 0 Å². The molecule has 1 atom stereocenters. The van der Waals surface area contributed by atoms with E-state index in [1.54, 1.807) is 0 Å². The molecule has 0 spiro atoms. The Hall–Kier alpha value is -0.770. The van der Waals surface area contributed by atoms with Crippen molar-refractivity contribution in [3.8, 4) is 0 Å². The highest BCUT2D eigenvalue weighted by molar-refractivity contribution is 7.81. The van der Waals surface area contributed by atoms with Crippen molar-refractivity contribution in [3.05, 3.63) is 12.3 Å². The number of carbonyl (C=O) groups excluding carboxylic acids is 2. The van der Waals surface area contributed by atoms with E-state index in [1.165, 1.54) is 0 Å². The molecule has 1 aliphatic carbocycles. The normalized spacial score (nSPS) is 31.2. The summed E-state index contributed by atoms with van der Waals surface area (Å²) in [5.41, 5.74) is 0.899. The summed E-state index contributed by atoms with van der Waals surface area (Å²) in [4.78, 5) is 25.8. The van der Waals surface area contributed by atoms with E-state index >= 15 is 0 Å². The van der Waals surface area contributed by atoms with Crippen LogP contribution in [0.15, 0.2) is 12.3 Å². The molecule has 2 aliphatic rings. The first kappa shape index (κ1) is 15.6. The molecule has 2 fully saturated rings. The SMILES string of the molecule is C=C1CC(S)C(=O)N1CC1CCC(C(=O)C(C)C)CC1. The van der Waals surface area contributed by atoms with Gasteiger partial charge in [-0.05, 0) is 31.6 Å². The number of Topliss-reactive ketones (excluding diaryl/α,β-unsaturated/α-hetero) is 1. The molecule has 1 aliphatic heterocycles. The van der Waals surface area contributed by atoms with E-state index in [9.17, 15) is 9.59 Å². The largest absolute Gasteiger partial charge is 0.316 e. The van der Waals surface area contributed by atoms with Crippen LogP contribution in [0.3, 0.4) is 0 Å². The molecule has 112 valence electrons. The lowest BCUT2D eigenvalue weighted by molar-refractivity contribution is -0.129. The van der Waals surface area contributed by atoms with Crippen molar-refractivity contribution in [2.24, 2.45) is 17.8 Å². The Morgan fingerprint density at radius 2 is 1.95 bits per heavy atom. The Bertz CT molecular complexity index is 411. The third kappa shape index (κ3) is 3.27. The highest BCUT2D eigenvalue weighted by atomic mass is 32.1. The van der Waals surface area contributed by atoms with E-state index in [2.05, 4.69) is 19.2 Å². The summed E-state index contributed by atoms with van der Waals surface area (Å²) < 4.78 is 0. The van der Waals surface area contributed by atoms with Crippen LogP contribution in [0, 0.1) is 17.8 Å². The summed E-state index contributed by atoms with van der Waals surface area (Å²) >= 11 is 4.29. The maximum absolute atomic E-state index is 12.0. The second-order valence-electron chi connectivity index (χ2n) is 6.51. The van der Waals surface area contributed by atoms with Crippen molar-refractivity contribution in [3.63, 3.8) is 0 Å². The predicted octanol–water partition coefficient (Wildman–Crippen LogP) is 3.06. The van der Waals surface area contributed by atoms with Gasteiger partial charge in [-0.3, -0.25) is 9.59 Å². The van der Waals surface area contributed by atoms with Gasteiger partial charge in [0, 0.05) is 30.5 Å². The van der Waals surface area contributed by atoms with E-state index in [1.807, 2.05) is 18.7 Å². The van der Waals surface area contributed by atoms with E-state index < -0.39 is 0 Å². The van der Waals surface area contributed by atoms with Gasteiger partial charge in [-0.15, -0.1) is 0 Å². The van der Waals surface area contributed by atoms with Crippen LogP contribution in [0.2, 0.25) is 0 Å². The van der Waals surface area contributed by atoms with Crippen molar-refractivity contribution in [2.75, 3.05) is 6.54 Å². The lowest BCUT2D eigenvalue weighted by Crippen LogP contribution is -2.34. The zero-order valence-electron chi connectivity index (χ0n) is 12.5. The lowest BCUT2D eigenvalue weighted by Gasteiger charge is -2.31. The van der Waals surface area contributed by atoms with Crippen LogP contribution in [-0.4, -0.2) is 28.4 Å². The number of rotatable bonds is 4. The Kier molecular flexibility index (Phi) is 4.95. The predicted molar refractivity (Wildman–Crippen MR) is 83.5 cm³/mol. The number of hydrogen-bond acceptors (Lipinski definition) is 3. The number of likely N-dealkylation sites (tertiary alicyclic amines) is 1. The molecule has 1 saturated heterocycles. The van der Waals surface area contributed by atoms with E-state index in [0.29, 0.717) is 18.1 Å². The summed E-state index contributed by atoms with van der Waals surface area (Å²) in [6.45, 7) is 8.69. The van der Waals surface area contributed by atoms with Crippen molar-refractivity contribution in [2.45, 2.75) is 51.2 Å². The molecule has 1 heterocycles. The molecule has 3 nitrogen and oxygen atoms in total. The topological polar surface area (TPSA) is 37.4 Å². The van der Waals surface area contributed by atoms with Gasteiger partial charge < -0.3 is 4.90 Å². The highest BCUT2D eigenvalue weighted by Gasteiger charge is 2.35. The zero-order valence-corrected chi connectivity index (χ0v) is 13.4. The van der Waals surface area contributed by atoms with Gasteiger partial charge in [-0.2, -0.15) is 12.6 Å². The summed E-state index contributed by atoms with van der Waals surface area (Å²) in [6, 6.07) is 0. The summed E-state index contributed by atoms with van der Waals surface area (Å²) in [5.74, 6) is 1.38. The van der Waals surface area contributed by atoms with E-state index in [-0.39, 0.29) is 23.0 Å². The van der Waals surface area contributed by atoms with Gasteiger partial charge in [-0.1, -0.05) is 20.4 Å². The van der Waals surface area contributed by atoms with Crippen molar-refractivity contribution >= 4 is 24.3 Å². The third-order valence-electron chi connectivity index (χ3n) is 4.62. The standard InChI is InChI=1S/C16H25NO2S/c1-10(2)15(18)13-6-4-12(5-7-13)9-17-11(3)8-14(20)16(17)19/h10,12-14,20H,3-9H2,1-2H3. The number of nitrogens with zero attached hydrogens (tertiary/aromatic N) is 1. The van der Waals surface area contributed by atoms with Gasteiger partial charge >= 0.3 is 0 Å². The average molecular weight is 295 g/mol. The molecule has 0 N–H and O–H groups in total. The maximum Gasteiger partial charge on any atom is 0.239 e. The molecule has 1 unspecified atom stereocenters. The van der Waals surface area contributed by atoms with Crippen molar-refractivity contribution < 1.29 is 9.59 Å². The monoisotopic (exact) mass is 295 g/mol. The van der Waals surface area contributed by atoms with Gasteiger partial charge in [0.1, 0.15) is 5.78 Å². The number of ketones is 1. The van der Waals surface area contributed by atoms with E-state index in [0.717, 1.165) is 37.9 Å². The lowest BCUT2D eigenvalue weighted by atomic mass is 9.77. The third-order valence-corrected chi connectivity index (χ3v) is 5.02. The fourth-order valence-corrected chi connectivity index (χ4v) is 3.68. The first-order valence-electron chi connectivity index (χ1n) is 7.61. The van der Waals surface area contributed by atoms with Crippen molar-refractivity contribution in [1.82, 2.24) is 4.90 Å². The van der Waals surface area contributed by atoms with Gasteiger partial charge in [0.15, 0.2) is 0 Å². The number of allylic oxidation sites excluding steroid dienone is 1. The average Bonchev–Trinajstić information content (AvgIpc) is 2.65. The molecule has 0 radical (unpaired) electrons. The zero-order chi connectivity index (χ0) is 14.9. The minimum atomic E-state index is -0.207. The summed E-state index contributed by atoms with van der Waals surface area (Å²) in [5, 5.41) is -0.207. The van der Waals surface area contributed by atoms with Gasteiger partial charge in [0.25, 0.3) is 0 Å². The van der Waals surface area contributed by atoms with Crippen molar-refractivity contribution in [1.29, 1.82) is 0 Å².